The number of nitrogens with zero attached hydrogens (tertiary/aromatic N) is 6. The van der Waals surface area contributed by atoms with E-state index in [2.05, 4.69) is 0 Å². The second-order valence-electron chi connectivity index (χ2n) is 10.3. The summed E-state index contributed by atoms with van der Waals surface area (Å²) in [5.41, 5.74) is -5.99. The monoisotopic (exact) mass is 556 g/mol. The van der Waals surface area contributed by atoms with Gasteiger partial charge in [-0.2, -0.15) is 0 Å². The number of nitro groups is 4. The summed E-state index contributed by atoms with van der Waals surface area (Å²) in [6, 6.07) is 5.04. The van der Waals surface area contributed by atoms with E-state index in [4.69, 9.17) is 0 Å². The van der Waals surface area contributed by atoms with Gasteiger partial charge in [0.15, 0.2) is 5.78 Å². The van der Waals surface area contributed by atoms with Gasteiger partial charge in [-0.05, 0) is 13.8 Å². The zero-order valence-electron chi connectivity index (χ0n) is 21.0. The van der Waals surface area contributed by atoms with Crippen molar-refractivity contribution in [3.8, 4) is 0 Å². The van der Waals surface area contributed by atoms with Gasteiger partial charge in [-0.15, -0.1) is 0 Å². The van der Waals surface area contributed by atoms with Crippen LogP contribution in [0.3, 0.4) is 0 Å². The maximum Gasteiger partial charge on any atom is 0.277 e. The second kappa shape index (κ2) is 9.44. The van der Waals surface area contributed by atoms with Crippen LogP contribution >= 0.6 is 0 Å². The molecule has 17 heteroatoms. The molecule has 0 aromatic heterocycles. The molecule has 208 valence electrons. The van der Waals surface area contributed by atoms with Gasteiger partial charge in [-0.1, -0.05) is 0 Å². The highest BCUT2D eigenvalue weighted by Crippen LogP contribution is 2.43. The Morgan fingerprint density at radius 3 is 1.07 bits per heavy atom. The number of carbonyl (C=O) groups is 3. The molecule has 0 atom stereocenters. The topological polar surface area (TPSA) is 230 Å². The molecule has 2 bridgehead atoms. The molecule has 0 N–H and O–H groups in total. The molecule has 2 aliphatic rings. The average molecular weight is 556 g/mol. The number of amides is 2. The van der Waals surface area contributed by atoms with Gasteiger partial charge in [0, 0.05) is 50.4 Å². The van der Waals surface area contributed by atoms with Gasteiger partial charge >= 0.3 is 0 Å². The van der Waals surface area contributed by atoms with Crippen molar-refractivity contribution < 1.29 is 34.1 Å². The molecule has 0 saturated carbocycles. The van der Waals surface area contributed by atoms with Crippen molar-refractivity contribution in [3.05, 3.63) is 88.0 Å². The zero-order valence-corrected chi connectivity index (χ0v) is 21.0. The molecule has 0 aliphatic carbocycles. The summed E-state index contributed by atoms with van der Waals surface area (Å²) in [6.45, 7) is 2.03. The molecule has 0 unspecified atom stereocenters. The van der Waals surface area contributed by atoms with Crippen LogP contribution in [0, 0.1) is 51.3 Å². The summed E-state index contributed by atoms with van der Waals surface area (Å²) >= 11 is 0. The lowest BCUT2D eigenvalue weighted by atomic mass is 9.64. The molecule has 0 radical (unpaired) electrons. The van der Waals surface area contributed by atoms with Crippen molar-refractivity contribution in [2.24, 2.45) is 10.8 Å². The van der Waals surface area contributed by atoms with E-state index in [-0.39, 0.29) is 43.1 Å². The van der Waals surface area contributed by atoms with Crippen LogP contribution in [0.2, 0.25) is 0 Å². The Labute approximate surface area is 223 Å². The Morgan fingerprint density at radius 2 is 0.850 bits per heavy atom. The Balaban J connectivity index is 1.66. The predicted molar refractivity (Wildman–Crippen MR) is 133 cm³/mol. The number of fused-ring (bicyclic) bond motifs is 2. The summed E-state index contributed by atoms with van der Waals surface area (Å²) in [5.74, 6) is -1.85. The Hall–Kier alpha value is -5.35. The lowest BCUT2D eigenvalue weighted by Crippen LogP contribution is -2.69. The molecule has 2 aromatic rings. The average Bonchev–Trinajstić information content (AvgIpc) is 2.88. The summed E-state index contributed by atoms with van der Waals surface area (Å²) in [6.07, 6.45) is 0. The first kappa shape index (κ1) is 27.7. The first-order valence-corrected chi connectivity index (χ1v) is 11.6. The number of benzene rings is 2. The molecule has 17 nitrogen and oxygen atoms in total. The van der Waals surface area contributed by atoms with Crippen LogP contribution in [-0.2, 0) is 4.79 Å². The number of hydrogen-bond acceptors (Lipinski definition) is 11. The number of nitro benzene ring substituents is 4. The molecule has 2 aliphatic heterocycles. The van der Waals surface area contributed by atoms with E-state index in [0.29, 0.717) is 0 Å². The first-order chi connectivity index (χ1) is 18.5. The first-order valence-electron chi connectivity index (χ1n) is 11.6. The van der Waals surface area contributed by atoms with Gasteiger partial charge < -0.3 is 9.80 Å². The van der Waals surface area contributed by atoms with Gasteiger partial charge in [-0.3, -0.25) is 54.8 Å². The minimum atomic E-state index is -1.35. The number of hydrogen-bond donors (Lipinski definition) is 0. The Kier molecular flexibility index (Phi) is 6.53. The number of Topliss-reactive ketones (excluding diaryl/α,β-unsaturated/α-hetero) is 1. The molecule has 2 fully saturated rings. The van der Waals surface area contributed by atoms with Crippen molar-refractivity contribution in [1.29, 1.82) is 0 Å². The van der Waals surface area contributed by atoms with Crippen LogP contribution in [0.5, 0.6) is 0 Å². The van der Waals surface area contributed by atoms with Crippen LogP contribution in [0.1, 0.15) is 34.6 Å². The third-order valence-electron chi connectivity index (χ3n) is 6.97. The zero-order chi connectivity index (χ0) is 29.7. The van der Waals surface area contributed by atoms with E-state index in [1.54, 1.807) is 0 Å². The SMILES string of the molecule is CC12CN(C(=O)c3cc([N+](=O)[O-])cc([N+](=O)[O-])c3)CC(C)(CN(C(=O)c3cc([N+](=O)[O-])cc([N+](=O)[O-])c3)C1)C2=O. The summed E-state index contributed by atoms with van der Waals surface area (Å²) in [4.78, 5) is 84.2. The third-order valence-corrected chi connectivity index (χ3v) is 6.97. The standard InChI is InChI=1S/C23H20N6O11/c1-22-9-24(19(30)13-3-15(26(33)34)7-16(4-13)27(35)36)11-23(2,21(22)32)12-25(10-22)20(31)14-5-17(28(37)38)8-18(6-14)29(39)40/h3-8H,9-12H2,1-2H3. The fraction of sp³-hybridized carbons (Fsp3) is 0.348. The van der Waals surface area contributed by atoms with E-state index < -0.39 is 65.1 Å². The minimum absolute atomic E-state index is 0.240. The number of ketones is 1. The number of non-ortho nitro benzene ring substituents is 4. The van der Waals surface area contributed by atoms with Crippen molar-refractivity contribution in [1.82, 2.24) is 9.80 Å². The largest absolute Gasteiger partial charge is 0.337 e. The maximum absolute atomic E-state index is 13.4. The maximum atomic E-state index is 13.4. The summed E-state index contributed by atoms with van der Waals surface area (Å²) < 4.78 is 0. The molecule has 40 heavy (non-hydrogen) atoms. The highest BCUT2D eigenvalue weighted by Gasteiger charge is 2.57. The third kappa shape index (κ3) is 4.79. The normalized spacial score (nSPS) is 22.0. The smallest absolute Gasteiger partial charge is 0.277 e. The fourth-order valence-electron chi connectivity index (χ4n) is 5.42. The van der Waals surface area contributed by atoms with E-state index in [9.17, 15) is 54.8 Å². The van der Waals surface area contributed by atoms with Crippen LogP contribution in [0.25, 0.3) is 0 Å². The molecular formula is C23H20N6O11. The van der Waals surface area contributed by atoms with Crippen molar-refractivity contribution in [3.63, 3.8) is 0 Å². The number of carbonyl (C=O) groups excluding carboxylic acids is 3. The number of rotatable bonds is 6. The van der Waals surface area contributed by atoms with E-state index in [1.165, 1.54) is 23.6 Å². The quantitative estimate of drug-likeness (QED) is 0.370. The lowest BCUT2D eigenvalue weighted by molar-refractivity contribution is -0.394. The fourth-order valence-corrected chi connectivity index (χ4v) is 5.42. The van der Waals surface area contributed by atoms with Gasteiger partial charge in [0.1, 0.15) is 0 Å². The molecule has 0 spiro atoms. The molecule has 2 amide bonds. The predicted octanol–water partition coefficient (Wildman–Crippen LogP) is 2.51. The van der Waals surface area contributed by atoms with Gasteiger partial charge in [0.2, 0.25) is 0 Å². The molecular weight excluding hydrogens is 536 g/mol. The van der Waals surface area contributed by atoms with Crippen molar-refractivity contribution in [2.45, 2.75) is 13.8 Å². The van der Waals surface area contributed by atoms with Crippen molar-refractivity contribution in [2.75, 3.05) is 26.2 Å². The highest BCUT2D eigenvalue weighted by molar-refractivity contribution is 6.01. The molecule has 4 rings (SSSR count). The highest BCUT2D eigenvalue weighted by atomic mass is 16.6. The van der Waals surface area contributed by atoms with Crippen LogP contribution < -0.4 is 0 Å². The lowest BCUT2D eigenvalue weighted by Gasteiger charge is -2.55. The van der Waals surface area contributed by atoms with Gasteiger partial charge in [0.25, 0.3) is 34.6 Å². The van der Waals surface area contributed by atoms with E-state index >= 15 is 0 Å². The van der Waals surface area contributed by atoms with Crippen LogP contribution in [-0.4, -0.2) is 73.3 Å². The van der Waals surface area contributed by atoms with E-state index in [1.807, 2.05) is 0 Å². The minimum Gasteiger partial charge on any atom is -0.337 e. The van der Waals surface area contributed by atoms with Crippen LogP contribution in [0.4, 0.5) is 22.7 Å². The van der Waals surface area contributed by atoms with Gasteiger partial charge in [-0.25, -0.2) is 0 Å². The van der Waals surface area contributed by atoms with E-state index in [0.717, 1.165) is 36.4 Å². The Morgan fingerprint density at radius 1 is 0.600 bits per heavy atom. The summed E-state index contributed by atoms with van der Waals surface area (Å²) in [5, 5.41) is 45.1. The van der Waals surface area contributed by atoms with Crippen LogP contribution in [0.15, 0.2) is 36.4 Å². The molecule has 2 heterocycles. The summed E-state index contributed by atoms with van der Waals surface area (Å²) in [7, 11) is 0. The van der Waals surface area contributed by atoms with Crippen molar-refractivity contribution >= 4 is 40.3 Å². The molecule has 2 aromatic carbocycles. The van der Waals surface area contributed by atoms with Gasteiger partial charge in [0.05, 0.1) is 53.8 Å². The molecule has 2 saturated heterocycles. The number of piperidine rings is 2. The Bertz CT molecular complexity index is 1350. The number of likely N-dealkylation sites (tertiary alicyclic amines) is 2. The second-order valence-corrected chi connectivity index (χ2v) is 10.3.